The van der Waals surface area contributed by atoms with Gasteiger partial charge in [-0.1, -0.05) is 18.2 Å². The molecule has 0 saturated heterocycles. The van der Waals surface area contributed by atoms with Gasteiger partial charge < -0.3 is 11.1 Å². The van der Waals surface area contributed by atoms with Crippen molar-refractivity contribution in [3.8, 4) is 5.69 Å². The maximum absolute atomic E-state index is 12.0. The van der Waals surface area contributed by atoms with E-state index in [1.165, 1.54) is 0 Å². The Morgan fingerprint density at radius 3 is 2.67 bits per heavy atom. The quantitative estimate of drug-likeness (QED) is 0.845. The van der Waals surface area contributed by atoms with Gasteiger partial charge in [0.15, 0.2) is 0 Å². The van der Waals surface area contributed by atoms with Crippen LogP contribution in [0, 0.1) is 5.92 Å². The predicted octanol–water partition coefficient (Wildman–Crippen LogP) is 1.51. The molecule has 0 radical (unpaired) electrons. The minimum atomic E-state index is -0.221. The average molecular weight is 286 g/mol. The summed E-state index contributed by atoms with van der Waals surface area (Å²) in [7, 11) is 0. The summed E-state index contributed by atoms with van der Waals surface area (Å²) in [6, 6.07) is 10.0. The number of aromatic nitrogens is 2. The van der Waals surface area contributed by atoms with Gasteiger partial charge in [0, 0.05) is 18.8 Å². The Labute approximate surface area is 125 Å². The third kappa shape index (κ3) is 4.16. The zero-order chi connectivity index (χ0) is 15.2. The molecule has 2 aromatic rings. The molecule has 1 heterocycles. The number of hydrogen-bond donors (Lipinski definition) is 2. The molecule has 0 aliphatic rings. The van der Waals surface area contributed by atoms with Crippen LogP contribution in [0.5, 0.6) is 0 Å². The second kappa shape index (κ2) is 7.04. The molecule has 1 amide bonds. The van der Waals surface area contributed by atoms with Crippen molar-refractivity contribution < 1.29 is 4.79 Å². The van der Waals surface area contributed by atoms with Crippen molar-refractivity contribution >= 4 is 5.91 Å². The number of carbonyl (C=O) groups is 1. The first-order chi connectivity index (χ1) is 10.1. The van der Waals surface area contributed by atoms with Crippen LogP contribution in [0.3, 0.4) is 0 Å². The topological polar surface area (TPSA) is 72.9 Å². The monoisotopic (exact) mass is 286 g/mol. The van der Waals surface area contributed by atoms with Gasteiger partial charge in [-0.25, -0.2) is 4.68 Å². The van der Waals surface area contributed by atoms with Crippen molar-refractivity contribution in [1.29, 1.82) is 0 Å². The molecule has 1 aromatic carbocycles. The van der Waals surface area contributed by atoms with Crippen molar-refractivity contribution in [2.24, 2.45) is 11.7 Å². The fraction of sp³-hybridized carbons (Fsp3) is 0.375. The van der Waals surface area contributed by atoms with E-state index < -0.39 is 0 Å². The second-order valence-corrected chi connectivity index (χ2v) is 5.43. The average Bonchev–Trinajstić information content (AvgIpc) is 2.93. The van der Waals surface area contributed by atoms with Crippen LogP contribution in [0.2, 0.25) is 0 Å². The normalized spacial score (nSPS) is 12.4. The lowest BCUT2D eigenvalue weighted by atomic mass is 10.0. The number of benzene rings is 1. The van der Waals surface area contributed by atoms with Crippen molar-refractivity contribution in [1.82, 2.24) is 15.1 Å². The first kappa shape index (κ1) is 15.3. The molecule has 3 N–H and O–H groups in total. The smallest absolute Gasteiger partial charge is 0.224 e. The van der Waals surface area contributed by atoms with Crippen LogP contribution in [0.15, 0.2) is 42.7 Å². The molecule has 0 bridgehead atoms. The highest BCUT2D eigenvalue weighted by Gasteiger charge is 2.18. The van der Waals surface area contributed by atoms with E-state index >= 15 is 0 Å². The van der Waals surface area contributed by atoms with Crippen molar-refractivity contribution in [3.63, 3.8) is 0 Å². The molecule has 0 fully saturated rings. The van der Waals surface area contributed by atoms with Crippen LogP contribution in [0.1, 0.15) is 19.4 Å². The summed E-state index contributed by atoms with van der Waals surface area (Å²) in [5, 5.41) is 7.24. The summed E-state index contributed by atoms with van der Waals surface area (Å²) < 4.78 is 1.81. The summed E-state index contributed by atoms with van der Waals surface area (Å²) in [4.78, 5) is 12.0. The Kier molecular flexibility index (Phi) is 5.11. The number of nitrogens with one attached hydrogen (secondary N) is 1. The highest BCUT2D eigenvalue weighted by atomic mass is 16.1. The van der Waals surface area contributed by atoms with E-state index in [1.54, 1.807) is 6.20 Å². The Balaban J connectivity index is 2.06. The van der Waals surface area contributed by atoms with Crippen LogP contribution >= 0.6 is 0 Å². The Morgan fingerprint density at radius 1 is 1.33 bits per heavy atom. The molecular weight excluding hydrogens is 264 g/mol. The third-order valence-corrected chi connectivity index (χ3v) is 3.23. The van der Waals surface area contributed by atoms with E-state index in [0.717, 1.165) is 11.3 Å². The zero-order valence-corrected chi connectivity index (χ0v) is 12.5. The Bertz CT molecular complexity index is 577. The molecule has 1 aromatic heterocycles. The van der Waals surface area contributed by atoms with E-state index in [4.69, 9.17) is 5.73 Å². The van der Waals surface area contributed by atoms with Crippen LogP contribution in [0.4, 0.5) is 0 Å². The summed E-state index contributed by atoms with van der Waals surface area (Å²) in [6.45, 7) is 4.22. The first-order valence-electron chi connectivity index (χ1n) is 7.19. The maximum Gasteiger partial charge on any atom is 0.224 e. The van der Waals surface area contributed by atoms with Gasteiger partial charge in [0.05, 0.1) is 17.8 Å². The van der Waals surface area contributed by atoms with Gasteiger partial charge in [-0.3, -0.25) is 4.79 Å². The van der Waals surface area contributed by atoms with Crippen LogP contribution in [0.25, 0.3) is 5.69 Å². The van der Waals surface area contributed by atoms with Crippen LogP contribution in [-0.2, 0) is 11.2 Å². The molecular formula is C16H22N4O. The Hall–Kier alpha value is -2.14. The fourth-order valence-corrected chi connectivity index (χ4v) is 2.16. The van der Waals surface area contributed by atoms with Crippen molar-refractivity contribution in [3.05, 3.63) is 48.3 Å². The second-order valence-electron chi connectivity index (χ2n) is 5.43. The van der Waals surface area contributed by atoms with Crippen molar-refractivity contribution in [2.45, 2.75) is 26.3 Å². The summed E-state index contributed by atoms with van der Waals surface area (Å²) in [5.74, 6) is -0.221. The van der Waals surface area contributed by atoms with Crippen molar-refractivity contribution in [2.75, 3.05) is 6.54 Å². The number of amides is 1. The molecule has 0 saturated carbocycles. The molecule has 2 rings (SSSR count). The first-order valence-corrected chi connectivity index (χ1v) is 7.19. The molecule has 1 unspecified atom stereocenters. The number of hydrogen-bond acceptors (Lipinski definition) is 3. The summed E-state index contributed by atoms with van der Waals surface area (Å²) in [5.41, 5.74) is 7.73. The van der Waals surface area contributed by atoms with E-state index in [1.807, 2.05) is 55.1 Å². The van der Waals surface area contributed by atoms with Gasteiger partial charge >= 0.3 is 0 Å². The molecule has 1 atom stereocenters. The summed E-state index contributed by atoms with van der Waals surface area (Å²) >= 11 is 0. The number of rotatable bonds is 6. The van der Waals surface area contributed by atoms with Gasteiger partial charge in [-0.15, -0.1) is 0 Å². The van der Waals surface area contributed by atoms with Crippen LogP contribution < -0.4 is 11.1 Å². The lowest BCUT2D eigenvalue weighted by Crippen LogP contribution is -2.39. The number of nitrogens with zero attached hydrogens (tertiary/aromatic N) is 2. The lowest BCUT2D eigenvalue weighted by molar-refractivity contribution is -0.125. The molecule has 21 heavy (non-hydrogen) atoms. The van der Waals surface area contributed by atoms with E-state index in [2.05, 4.69) is 10.4 Å². The standard InChI is InChI=1S/C16H22N4O/c1-12(2)19-16(21)14(9-17)8-13-10-18-20(11-13)15-6-4-3-5-7-15/h3-7,10-12,14H,8-9,17H2,1-2H3,(H,19,21). The number of carbonyl (C=O) groups excluding carboxylic acids is 1. The van der Waals surface area contributed by atoms with Gasteiger partial charge in [0.1, 0.15) is 0 Å². The molecule has 112 valence electrons. The molecule has 0 aliphatic carbocycles. The minimum Gasteiger partial charge on any atom is -0.354 e. The SMILES string of the molecule is CC(C)NC(=O)C(CN)Cc1cnn(-c2ccccc2)c1. The number of nitrogens with two attached hydrogens (primary N) is 1. The minimum absolute atomic E-state index is 0.0000360. The Morgan fingerprint density at radius 2 is 2.05 bits per heavy atom. The highest BCUT2D eigenvalue weighted by molar-refractivity contribution is 5.79. The van der Waals surface area contributed by atoms with E-state index in [0.29, 0.717) is 13.0 Å². The van der Waals surface area contributed by atoms with Gasteiger partial charge in [-0.05, 0) is 38.0 Å². The fourth-order valence-electron chi connectivity index (χ4n) is 2.16. The predicted molar refractivity (Wildman–Crippen MR) is 83.1 cm³/mol. The van der Waals surface area contributed by atoms with E-state index in [9.17, 15) is 4.79 Å². The largest absolute Gasteiger partial charge is 0.354 e. The van der Waals surface area contributed by atoms with E-state index in [-0.39, 0.29) is 17.9 Å². The third-order valence-electron chi connectivity index (χ3n) is 3.23. The van der Waals surface area contributed by atoms with Crippen LogP contribution in [-0.4, -0.2) is 28.3 Å². The summed E-state index contributed by atoms with van der Waals surface area (Å²) in [6.07, 6.45) is 4.33. The van der Waals surface area contributed by atoms with Gasteiger partial charge in [-0.2, -0.15) is 5.10 Å². The lowest BCUT2D eigenvalue weighted by Gasteiger charge is -2.16. The molecule has 5 heteroatoms. The van der Waals surface area contributed by atoms with Gasteiger partial charge in [0.2, 0.25) is 5.91 Å². The zero-order valence-electron chi connectivity index (χ0n) is 12.5. The molecule has 5 nitrogen and oxygen atoms in total. The highest BCUT2D eigenvalue weighted by Crippen LogP contribution is 2.11. The maximum atomic E-state index is 12.0. The number of para-hydroxylation sites is 1. The van der Waals surface area contributed by atoms with Gasteiger partial charge in [0.25, 0.3) is 0 Å². The molecule has 0 spiro atoms. The molecule has 0 aliphatic heterocycles.